The highest BCUT2D eigenvalue weighted by molar-refractivity contribution is 9.10. The summed E-state index contributed by atoms with van der Waals surface area (Å²) in [6, 6.07) is 6.76. The maximum atomic E-state index is 12.3. The highest BCUT2D eigenvalue weighted by atomic mass is 79.9. The second kappa shape index (κ2) is 9.46. The van der Waals surface area contributed by atoms with Gasteiger partial charge in [-0.15, -0.1) is 0 Å². The summed E-state index contributed by atoms with van der Waals surface area (Å²) in [6.45, 7) is 2.77. The van der Waals surface area contributed by atoms with Crippen LogP contribution in [0.4, 0.5) is 5.69 Å². The van der Waals surface area contributed by atoms with E-state index in [0.717, 1.165) is 0 Å². The summed E-state index contributed by atoms with van der Waals surface area (Å²) < 4.78 is 32.3. The largest absolute Gasteiger partial charge is 0.452 e. The first-order chi connectivity index (χ1) is 13.1. The van der Waals surface area contributed by atoms with Crippen molar-refractivity contribution in [2.45, 2.75) is 24.8 Å². The Morgan fingerprint density at radius 3 is 2.64 bits per heavy atom. The third-order valence-electron chi connectivity index (χ3n) is 3.23. The molecule has 8 nitrogen and oxygen atoms in total. The van der Waals surface area contributed by atoms with Crippen molar-refractivity contribution < 1.29 is 22.7 Å². The van der Waals surface area contributed by atoms with E-state index in [-0.39, 0.29) is 27.3 Å². The fraction of sp³-hybridized carbons (Fsp3) is 0.235. The Morgan fingerprint density at radius 2 is 2.00 bits per heavy atom. The molecule has 0 fully saturated rings. The molecule has 1 heterocycles. The number of benzene rings is 1. The molecule has 0 unspecified atom stereocenters. The molecule has 28 heavy (non-hydrogen) atoms. The van der Waals surface area contributed by atoms with E-state index in [2.05, 4.69) is 31.0 Å². The zero-order chi connectivity index (χ0) is 20.9. The Balaban J connectivity index is 2.09. The van der Waals surface area contributed by atoms with Gasteiger partial charge in [0.05, 0.1) is 16.1 Å². The number of carbonyl (C=O) groups is 2. The van der Waals surface area contributed by atoms with Crippen molar-refractivity contribution in [3.63, 3.8) is 0 Å². The Hall–Kier alpha value is -2.01. The van der Waals surface area contributed by atoms with E-state index in [1.54, 1.807) is 26.0 Å². The molecule has 11 heteroatoms. The highest BCUT2D eigenvalue weighted by Crippen LogP contribution is 2.22. The van der Waals surface area contributed by atoms with E-state index in [0.29, 0.717) is 4.47 Å². The first kappa shape index (κ1) is 22.3. The summed E-state index contributed by atoms with van der Waals surface area (Å²) in [4.78, 5) is 28.0. The van der Waals surface area contributed by atoms with Gasteiger partial charge in [-0.25, -0.2) is 22.9 Å². The standard InChI is InChI=1S/C17H17BrClN3O5S/c1-10(2)22-28(25,26)11-5-6-13(18)12(8-11)17(24)27-9-15(23)21-14-4-3-7-20-16(14)19/h3-8,10,22H,9H2,1-2H3,(H,21,23). The van der Waals surface area contributed by atoms with Gasteiger partial charge in [0.1, 0.15) is 0 Å². The number of sulfonamides is 1. The molecule has 150 valence electrons. The zero-order valence-corrected chi connectivity index (χ0v) is 18.1. The summed E-state index contributed by atoms with van der Waals surface area (Å²) in [5, 5.41) is 2.56. The first-order valence-corrected chi connectivity index (χ1v) is 10.6. The van der Waals surface area contributed by atoms with Gasteiger partial charge >= 0.3 is 5.97 Å². The van der Waals surface area contributed by atoms with Crippen LogP contribution >= 0.6 is 27.5 Å². The smallest absolute Gasteiger partial charge is 0.339 e. The number of pyridine rings is 1. The molecule has 0 spiro atoms. The lowest BCUT2D eigenvalue weighted by molar-refractivity contribution is -0.119. The van der Waals surface area contributed by atoms with Crippen LogP contribution in [0.5, 0.6) is 0 Å². The van der Waals surface area contributed by atoms with Crippen LogP contribution in [0.3, 0.4) is 0 Å². The van der Waals surface area contributed by atoms with Crippen molar-refractivity contribution in [1.82, 2.24) is 9.71 Å². The van der Waals surface area contributed by atoms with Gasteiger partial charge in [-0.05, 0) is 60.1 Å². The van der Waals surface area contributed by atoms with Gasteiger partial charge in [-0.1, -0.05) is 11.6 Å². The summed E-state index contributed by atoms with van der Waals surface area (Å²) in [7, 11) is -3.79. The Morgan fingerprint density at radius 1 is 1.29 bits per heavy atom. The van der Waals surface area contributed by atoms with Crippen LogP contribution < -0.4 is 10.0 Å². The first-order valence-electron chi connectivity index (χ1n) is 7.99. The maximum Gasteiger partial charge on any atom is 0.339 e. The van der Waals surface area contributed by atoms with Crippen LogP contribution in [0, 0.1) is 0 Å². The number of carbonyl (C=O) groups excluding carboxylic acids is 2. The molecule has 0 aliphatic rings. The Bertz CT molecular complexity index is 998. The van der Waals surface area contributed by atoms with Crippen molar-refractivity contribution >= 4 is 55.1 Å². The summed E-state index contributed by atoms with van der Waals surface area (Å²) in [6.07, 6.45) is 1.46. The predicted octanol–water partition coefficient (Wildman–Crippen LogP) is 2.98. The second-order valence-electron chi connectivity index (χ2n) is 5.88. The SMILES string of the molecule is CC(C)NS(=O)(=O)c1ccc(Br)c(C(=O)OCC(=O)Nc2cccnc2Cl)c1. The number of hydrogen-bond donors (Lipinski definition) is 2. The molecule has 0 saturated carbocycles. The van der Waals surface area contributed by atoms with E-state index in [4.69, 9.17) is 16.3 Å². The number of nitrogens with one attached hydrogen (secondary N) is 2. The fourth-order valence-corrected chi connectivity index (χ4v) is 3.93. The monoisotopic (exact) mass is 489 g/mol. The summed E-state index contributed by atoms with van der Waals surface area (Å²) in [5.74, 6) is -1.48. The van der Waals surface area contributed by atoms with Gasteiger partial charge in [-0.3, -0.25) is 4.79 Å². The molecule has 0 aliphatic carbocycles. The number of halogens is 2. The minimum atomic E-state index is -3.79. The molecular formula is C17H17BrClN3O5S. The van der Waals surface area contributed by atoms with E-state index >= 15 is 0 Å². The number of hydrogen-bond acceptors (Lipinski definition) is 6. The average molecular weight is 491 g/mol. The molecule has 1 aromatic carbocycles. The van der Waals surface area contributed by atoms with Gasteiger partial charge in [-0.2, -0.15) is 0 Å². The number of ether oxygens (including phenoxy) is 1. The number of nitrogens with zero attached hydrogens (tertiary/aromatic N) is 1. The molecule has 2 N–H and O–H groups in total. The molecule has 0 saturated heterocycles. The van der Waals surface area contributed by atoms with Crippen LogP contribution in [0.1, 0.15) is 24.2 Å². The average Bonchev–Trinajstić information content (AvgIpc) is 2.60. The lowest BCUT2D eigenvalue weighted by atomic mass is 10.2. The minimum Gasteiger partial charge on any atom is -0.452 e. The van der Waals surface area contributed by atoms with Crippen molar-refractivity contribution in [2.75, 3.05) is 11.9 Å². The molecule has 1 aromatic heterocycles. The maximum absolute atomic E-state index is 12.3. The minimum absolute atomic E-state index is 0.0289. The van der Waals surface area contributed by atoms with Crippen LogP contribution in [-0.2, 0) is 19.6 Å². The Kier molecular flexibility index (Phi) is 7.53. The number of rotatable bonds is 7. The normalized spacial score (nSPS) is 11.3. The van der Waals surface area contributed by atoms with Gasteiger partial charge in [0.2, 0.25) is 10.0 Å². The molecule has 2 aromatic rings. The number of aromatic nitrogens is 1. The second-order valence-corrected chi connectivity index (χ2v) is 8.81. The van der Waals surface area contributed by atoms with Gasteiger partial charge in [0.15, 0.2) is 11.8 Å². The quantitative estimate of drug-likeness (QED) is 0.455. The predicted molar refractivity (Wildman–Crippen MR) is 108 cm³/mol. The molecular weight excluding hydrogens is 474 g/mol. The van der Waals surface area contributed by atoms with Gasteiger partial charge < -0.3 is 10.1 Å². The van der Waals surface area contributed by atoms with E-state index in [1.165, 1.54) is 24.4 Å². The third-order valence-corrected chi connectivity index (χ3v) is 5.88. The molecule has 0 radical (unpaired) electrons. The van der Waals surface area contributed by atoms with Crippen LogP contribution in [0.2, 0.25) is 5.15 Å². The lowest BCUT2D eigenvalue weighted by Gasteiger charge is -2.12. The molecule has 2 rings (SSSR count). The number of esters is 1. The van der Waals surface area contributed by atoms with Crippen molar-refractivity contribution in [1.29, 1.82) is 0 Å². The summed E-state index contributed by atoms with van der Waals surface area (Å²) in [5.41, 5.74) is 0.248. The molecule has 0 bridgehead atoms. The van der Waals surface area contributed by atoms with Crippen molar-refractivity contribution in [3.8, 4) is 0 Å². The zero-order valence-electron chi connectivity index (χ0n) is 14.9. The van der Waals surface area contributed by atoms with Gasteiger partial charge in [0.25, 0.3) is 5.91 Å². The number of anilines is 1. The van der Waals surface area contributed by atoms with Crippen LogP contribution in [0.25, 0.3) is 0 Å². The summed E-state index contributed by atoms with van der Waals surface area (Å²) >= 11 is 9.02. The van der Waals surface area contributed by atoms with E-state index < -0.39 is 28.5 Å². The third kappa shape index (κ3) is 5.99. The van der Waals surface area contributed by atoms with Crippen molar-refractivity contribution in [3.05, 3.63) is 51.7 Å². The van der Waals surface area contributed by atoms with E-state index in [9.17, 15) is 18.0 Å². The molecule has 0 aliphatic heterocycles. The van der Waals surface area contributed by atoms with Crippen LogP contribution in [-0.4, -0.2) is 37.9 Å². The molecule has 1 amide bonds. The topological polar surface area (TPSA) is 114 Å². The lowest BCUT2D eigenvalue weighted by Crippen LogP contribution is -2.30. The Labute approximate surface area is 175 Å². The van der Waals surface area contributed by atoms with E-state index in [1.807, 2.05) is 0 Å². The van der Waals surface area contributed by atoms with Crippen molar-refractivity contribution in [2.24, 2.45) is 0 Å². The van der Waals surface area contributed by atoms with Gasteiger partial charge in [0, 0.05) is 16.7 Å². The molecule has 0 atom stereocenters. The fourth-order valence-electron chi connectivity index (χ4n) is 2.08. The number of amides is 1. The van der Waals surface area contributed by atoms with Crippen LogP contribution in [0.15, 0.2) is 45.9 Å². The highest BCUT2D eigenvalue weighted by Gasteiger charge is 2.21.